The fraction of sp³-hybridized carbons (Fsp3) is 0.381. The fourth-order valence-electron chi connectivity index (χ4n) is 3.64. The summed E-state index contributed by atoms with van der Waals surface area (Å²) in [5.74, 6) is 1.11. The van der Waals surface area contributed by atoms with Crippen molar-refractivity contribution in [3.05, 3.63) is 57.3 Å². The number of benzene rings is 1. The van der Waals surface area contributed by atoms with E-state index in [4.69, 9.17) is 4.52 Å². The molecule has 1 amide bonds. The highest BCUT2D eigenvalue weighted by Crippen LogP contribution is 2.29. The van der Waals surface area contributed by atoms with Crippen LogP contribution in [0.2, 0.25) is 0 Å². The van der Waals surface area contributed by atoms with Crippen LogP contribution in [0.5, 0.6) is 0 Å². The molecule has 0 N–H and O–H groups in total. The lowest BCUT2D eigenvalue weighted by molar-refractivity contribution is -0.387. The molecule has 0 atom stereocenters. The lowest BCUT2D eigenvalue weighted by Gasteiger charge is -2.34. The molecule has 1 aliphatic heterocycles. The van der Waals surface area contributed by atoms with E-state index in [1.165, 1.54) is 17.8 Å². The topological polar surface area (TPSA) is 106 Å². The summed E-state index contributed by atoms with van der Waals surface area (Å²) in [7, 11) is 0. The first-order chi connectivity index (χ1) is 15.5. The van der Waals surface area contributed by atoms with Gasteiger partial charge in [-0.25, -0.2) is 0 Å². The average molecular weight is 474 g/mol. The van der Waals surface area contributed by atoms with Crippen molar-refractivity contribution in [2.24, 2.45) is 0 Å². The van der Waals surface area contributed by atoms with E-state index in [0.717, 1.165) is 30.9 Å². The van der Waals surface area contributed by atoms with Gasteiger partial charge < -0.3 is 9.42 Å². The minimum atomic E-state index is -0.437. The molecule has 4 rings (SSSR count). The zero-order valence-electron chi connectivity index (χ0n) is 17.6. The maximum Gasteiger partial charge on any atom is 0.283 e. The van der Waals surface area contributed by atoms with Crippen LogP contribution in [0.15, 0.2) is 45.1 Å². The molecule has 0 bridgehead atoms. The second kappa shape index (κ2) is 10.2. The molecule has 0 radical (unpaired) electrons. The van der Waals surface area contributed by atoms with E-state index in [9.17, 15) is 14.9 Å². The maximum absolute atomic E-state index is 12.8. The molecule has 168 valence electrons. The van der Waals surface area contributed by atoms with Crippen LogP contribution >= 0.6 is 23.1 Å². The van der Waals surface area contributed by atoms with Gasteiger partial charge in [-0.1, -0.05) is 11.2 Å². The van der Waals surface area contributed by atoms with E-state index < -0.39 is 4.92 Å². The number of piperazine rings is 1. The summed E-state index contributed by atoms with van der Waals surface area (Å²) in [6.07, 6.45) is 3.38. The highest BCUT2D eigenvalue weighted by molar-refractivity contribution is 7.98. The number of aryl methyl sites for hydroxylation is 1. The molecule has 11 heteroatoms. The molecule has 3 heterocycles. The molecule has 0 spiro atoms. The van der Waals surface area contributed by atoms with E-state index in [-0.39, 0.29) is 11.6 Å². The van der Waals surface area contributed by atoms with Crippen molar-refractivity contribution in [2.75, 3.05) is 39.0 Å². The van der Waals surface area contributed by atoms with Crippen LogP contribution in [0.25, 0.3) is 10.7 Å². The zero-order valence-corrected chi connectivity index (χ0v) is 19.2. The number of amides is 1. The summed E-state index contributed by atoms with van der Waals surface area (Å²) in [6.45, 7) is 3.61. The summed E-state index contributed by atoms with van der Waals surface area (Å²) in [4.78, 5) is 33.7. The number of rotatable bonds is 8. The third kappa shape index (κ3) is 5.17. The Morgan fingerprint density at radius 1 is 1.28 bits per heavy atom. The van der Waals surface area contributed by atoms with Gasteiger partial charge in [0, 0.05) is 44.2 Å². The van der Waals surface area contributed by atoms with Crippen molar-refractivity contribution in [1.29, 1.82) is 0 Å². The third-order valence-electron chi connectivity index (χ3n) is 5.36. The number of carbonyl (C=O) groups is 1. The first kappa shape index (κ1) is 22.4. The molecule has 0 aliphatic carbocycles. The van der Waals surface area contributed by atoms with E-state index in [1.54, 1.807) is 34.6 Å². The van der Waals surface area contributed by atoms with Crippen LogP contribution in [0.1, 0.15) is 22.7 Å². The van der Waals surface area contributed by atoms with Gasteiger partial charge in [-0.2, -0.15) is 4.98 Å². The fourth-order valence-corrected chi connectivity index (χ4v) is 4.83. The van der Waals surface area contributed by atoms with Gasteiger partial charge in [-0.3, -0.25) is 19.8 Å². The molecular weight excluding hydrogens is 450 g/mol. The second-order valence-electron chi connectivity index (χ2n) is 7.37. The number of thioether (sulfide) groups is 1. The number of aromatic nitrogens is 2. The minimum Gasteiger partial charge on any atom is -0.339 e. The molecule has 0 unspecified atom stereocenters. The van der Waals surface area contributed by atoms with Gasteiger partial charge in [0.1, 0.15) is 0 Å². The minimum absolute atomic E-state index is 0.0229. The van der Waals surface area contributed by atoms with Crippen LogP contribution in [0.4, 0.5) is 5.69 Å². The first-order valence-electron chi connectivity index (χ1n) is 10.3. The Labute approximate surface area is 193 Å². The van der Waals surface area contributed by atoms with E-state index in [2.05, 4.69) is 15.0 Å². The third-order valence-corrected chi connectivity index (χ3v) is 7.01. The molecular formula is C21H23N5O4S2. The van der Waals surface area contributed by atoms with Crippen LogP contribution in [0, 0.1) is 10.1 Å². The Morgan fingerprint density at radius 3 is 2.78 bits per heavy atom. The van der Waals surface area contributed by atoms with Crippen LogP contribution in [0.3, 0.4) is 0 Å². The van der Waals surface area contributed by atoms with Crippen molar-refractivity contribution in [2.45, 2.75) is 17.7 Å². The molecule has 32 heavy (non-hydrogen) atoms. The Hall–Kier alpha value is -2.76. The predicted molar refractivity (Wildman–Crippen MR) is 123 cm³/mol. The van der Waals surface area contributed by atoms with Gasteiger partial charge in [-0.05, 0) is 42.8 Å². The van der Waals surface area contributed by atoms with Gasteiger partial charge in [-0.15, -0.1) is 23.1 Å². The molecule has 1 fully saturated rings. The van der Waals surface area contributed by atoms with Gasteiger partial charge in [0.15, 0.2) is 0 Å². The van der Waals surface area contributed by atoms with Crippen LogP contribution in [-0.2, 0) is 6.42 Å². The number of hydrogen-bond donors (Lipinski definition) is 0. The van der Waals surface area contributed by atoms with Gasteiger partial charge in [0.2, 0.25) is 11.7 Å². The molecule has 3 aromatic rings. The molecule has 0 saturated carbocycles. The smallest absolute Gasteiger partial charge is 0.283 e. The molecule has 1 aliphatic rings. The van der Waals surface area contributed by atoms with Gasteiger partial charge in [0.05, 0.1) is 14.7 Å². The Morgan fingerprint density at radius 2 is 2.09 bits per heavy atom. The van der Waals surface area contributed by atoms with Crippen molar-refractivity contribution < 1.29 is 14.2 Å². The molecule has 1 aromatic carbocycles. The van der Waals surface area contributed by atoms with Gasteiger partial charge >= 0.3 is 0 Å². The monoisotopic (exact) mass is 473 g/mol. The average Bonchev–Trinajstić information content (AvgIpc) is 3.51. The van der Waals surface area contributed by atoms with E-state index in [1.807, 2.05) is 17.5 Å². The van der Waals surface area contributed by atoms with Gasteiger partial charge in [0.25, 0.3) is 11.6 Å². The summed E-state index contributed by atoms with van der Waals surface area (Å²) in [5, 5.41) is 17.3. The van der Waals surface area contributed by atoms with Crippen molar-refractivity contribution in [3.63, 3.8) is 0 Å². The highest BCUT2D eigenvalue weighted by Gasteiger charge is 2.24. The summed E-state index contributed by atoms with van der Waals surface area (Å²) in [5.41, 5.74) is 0.339. The number of nitrogens with zero attached hydrogens (tertiary/aromatic N) is 5. The quantitative estimate of drug-likeness (QED) is 0.276. The highest BCUT2D eigenvalue weighted by atomic mass is 32.2. The predicted octanol–water partition coefficient (Wildman–Crippen LogP) is 3.82. The number of thiophene rings is 1. The van der Waals surface area contributed by atoms with Crippen molar-refractivity contribution >= 4 is 34.7 Å². The van der Waals surface area contributed by atoms with E-state index >= 15 is 0 Å². The standard InChI is InChI=1S/C21H23N5O4S2/c1-31-17-7-6-15(14-16(17)26(28)29)21(27)25-11-9-24(10-12-25)8-2-5-19-22-20(23-30-19)18-4-3-13-32-18/h3-4,6-7,13-14H,2,5,8-12H2,1H3. The Kier molecular flexibility index (Phi) is 7.18. The van der Waals surface area contributed by atoms with E-state index in [0.29, 0.717) is 41.7 Å². The molecule has 9 nitrogen and oxygen atoms in total. The zero-order chi connectivity index (χ0) is 22.5. The van der Waals surface area contributed by atoms with Crippen molar-refractivity contribution in [3.8, 4) is 10.7 Å². The van der Waals surface area contributed by atoms with Crippen molar-refractivity contribution in [1.82, 2.24) is 19.9 Å². The number of nitro benzene ring substituents is 1. The lowest BCUT2D eigenvalue weighted by atomic mass is 10.1. The molecule has 2 aromatic heterocycles. The Bertz CT molecular complexity index is 1080. The number of carbonyl (C=O) groups excluding carboxylic acids is 1. The summed E-state index contributed by atoms with van der Waals surface area (Å²) < 4.78 is 5.34. The maximum atomic E-state index is 12.8. The normalized spacial score (nSPS) is 14.6. The molecule has 1 saturated heterocycles. The van der Waals surface area contributed by atoms with Crippen LogP contribution < -0.4 is 0 Å². The summed E-state index contributed by atoms with van der Waals surface area (Å²) in [6, 6.07) is 8.63. The lowest BCUT2D eigenvalue weighted by Crippen LogP contribution is -2.48. The Balaban J connectivity index is 1.25. The second-order valence-corrected chi connectivity index (χ2v) is 9.17. The first-order valence-corrected chi connectivity index (χ1v) is 12.4. The summed E-state index contributed by atoms with van der Waals surface area (Å²) >= 11 is 2.88. The number of hydrogen-bond acceptors (Lipinski definition) is 9. The largest absolute Gasteiger partial charge is 0.339 e. The van der Waals surface area contributed by atoms with Crippen LogP contribution in [-0.4, -0.2) is 69.8 Å². The number of nitro groups is 1. The SMILES string of the molecule is CSc1ccc(C(=O)N2CCN(CCCc3nc(-c4cccs4)no3)CC2)cc1[N+](=O)[O-].